The first-order valence-electron chi connectivity index (χ1n) is 4.53. The standard InChI is InChI=1S/C8H17N3S2Si/c1-11-5-9-10-8(11)13-6-12-7-14(2,3)4/h5H,6-7H2,1-4H3. The molecule has 0 saturated carbocycles. The van der Waals surface area contributed by atoms with E-state index in [1.165, 1.54) is 5.38 Å². The third-order valence-electron chi connectivity index (χ3n) is 1.48. The zero-order valence-electron chi connectivity index (χ0n) is 9.15. The second-order valence-electron chi connectivity index (χ2n) is 4.40. The fourth-order valence-electron chi connectivity index (χ4n) is 0.846. The van der Waals surface area contributed by atoms with Crippen LogP contribution in [0.5, 0.6) is 0 Å². The van der Waals surface area contributed by atoms with Crippen molar-refractivity contribution in [2.75, 3.05) is 10.5 Å². The van der Waals surface area contributed by atoms with E-state index in [4.69, 9.17) is 0 Å². The zero-order chi connectivity index (χ0) is 10.6. The van der Waals surface area contributed by atoms with E-state index in [-0.39, 0.29) is 0 Å². The Bertz CT molecular complexity index is 282. The quantitative estimate of drug-likeness (QED) is 0.346. The Labute approximate surface area is 95.1 Å². The predicted molar refractivity (Wildman–Crippen MR) is 67.5 cm³/mol. The van der Waals surface area contributed by atoms with Gasteiger partial charge in [-0.15, -0.1) is 10.2 Å². The van der Waals surface area contributed by atoms with E-state index in [1.807, 2.05) is 23.4 Å². The largest absolute Gasteiger partial charge is 0.312 e. The molecular formula is C8H17N3S2Si. The minimum Gasteiger partial charge on any atom is -0.312 e. The van der Waals surface area contributed by atoms with Gasteiger partial charge < -0.3 is 4.57 Å². The first-order valence-corrected chi connectivity index (χ1v) is 10.4. The van der Waals surface area contributed by atoms with Gasteiger partial charge in [0.05, 0.1) is 8.07 Å². The van der Waals surface area contributed by atoms with Crippen LogP contribution in [0.15, 0.2) is 11.5 Å². The van der Waals surface area contributed by atoms with Crippen LogP contribution in [0.3, 0.4) is 0 Å². The highest BCUT2D eigenvalue weighted by Gasteiger charge is 2.12. The number of aryl methyl sites for hydroxylation is 1. The molecule has 3 nitrogen and oxygen atoms in total. The van der Waals surface area contributed by atoms with E-state index in [9.17, 15) is 0 Å². The second-order valence-corrected chi connectivity index (χ2v) is 12.7. The number of aromatic nitrogens is 3. The van der Waals surface area contributed by atoms with Crippen molar-refractivity contribution < 1.29 is 0 Å². The van der Waals surface area contributed by atoms with Gasteiger partial charge in [-0.1, -0.05) is 31.4 Å². The van der Waals surface area contributed by atoms with Gasteiger partial charge in [-0.3, -0.25) is 0 Å². The lowest BCUT2D eigenvalue weighted by atomic mass is 11.1. The van der Waals surface area contributed by atoms with Gasteiger partial charge in [0.2, 0.25) is 0 Å². The van der Waals surface area contributed by atoms with Gasteiger partial charge in [-0.2, -0.15) is 11.8 Å². The number of rotatable bonds is 5. The Balaban J connectivity index is 2.20. The van der Waals surface area contributed by atoms with Crippen LogP contribution in [0.2, 0.25) is 19.6 Å². The smallest absolute Gasteiger partial charge is 0.191 e. The summed E-state index contributed by atoms with van der Waals surface area (Å²) in [6, 6.07) is 0. The van der Waals surface area contributed by atoms with Crippen LogP contribution in [-0.4, -0.2) is 33.3 Å². The van der Waals surface area contributed by atoms with Gasteiger partial charge in [0.1, 0.15) is 6.33 Å². The molecule has 0 bridgehead atoms. The van der Waals surface area contributed by atoms with Crippen molar-refractivity contribution in [3.63, 3.8) is 0 Å². The van der Waals surface area contributed by atoms with E-state index < -0.39 is 8.07 Å². The third kappa shape index (κ3) is 4.52. The molecule has 0 amide bonds. The number of thioether (sulfide) groups is 2. The molecule has 0 aliphatic carbocycles. The lowest BCUT2D eigenvalue weighted by Crippen LogP contribution is -2.23. The molecule has 1 aromatic rings. The molecule has 0 radical (unpaired) electrons. The maximum absolute atomic E-state index is 4.02. The lowest BCUT2D eigenvalue weighted by molar-refractivity contribution is 0.790. The molecule has 0 N–H and O–H groups in total. The van der Waals surface area contributed by atoms with Crippen molar-refractivity contribution in [3.05, 3.63) is 6.33 Å². The zero-order valence-corrected chi connectivity index (χ0v) is 11.8. The van der Waals surface area contributed by atoms with Crippen LogP contribution < -0.4 is 0 Å². The molecule has 80 valence electrons. The predicted octanol–water partition coefficient (Wildman–Crippen LogP) is 2.48. The van der Waals surface area contributed by atoms with Crippen LogP contribution in [0.4, 0.5) is 0 Å². The molecule has 0 aliphatic heterocycles. The Hall–Kier alpha value is 0.0569. The molecule has 0 aliphatic rings. The van der Waals surface area contributed by atoms with E-state index in [0.717, 1.165) is 10.2 Å². The first-order chi connectivity index (χ1) is 6.49. The second kappa shape index (κ2) is 5.23. The van der Waals surface area contributed by atoms with E-state index in [2.05, 4.69) is 29.8 Å². The summed E-state index contributed by atoms with van der Waals surface area (Å²) in [5, 5.41) is 11.3. The Morgan fingerprint density at radius 3 is 2.64 bits per heavy atom. The average molecular weight is 247 g/mol. The maximum Gasteiger partial charge on any atom is 0.191 e. The summed E-state index contributed by atoms with van der Waals surface area (Å²) >= 11 is 3.78. The monoisotopic (exact) mass is 247 g/mol. The summed E-state index contributed by atoms with van der Waals surface area (Å²) in [5.41, 5.74) is 0. The van der Waals surface area contributed by atoms with Gasteiger partial charge in [0.25, 0.3) is 0 Å². The first kappa shape index (κ1) is 12.1. The summed E-state index contributed by atoms with van der Waals surface area (Å²) < 4.78 is 1.96. The summed E-state index contributed by atoms with van der Waals surface area (Å²) in [4.78, 5) is 0. The third-order valence-corrected chi connectivity index (χ3v) is 7.52. The van der Waals surface area contributed by atoms with Gasteiger partial charge >= 0.3 is 0 Å². The summed E-state index contributed by atoms with van der Waals surface area (Å²) in [5.74, 6) is 0. The molecule has 14 heavy (non-hydrogen) atoms. The number of hydrogen-bond donors (Lipinski definition) is 0. The van der Waals surface area contributed by atoms with E-state index in [0.29, 0.717) is 0 Å². The molecule has 0 aromatic carbocycles. The fourth-order valence-corrected chi connectivity index (χ4v) is 5.49. The van der Waals surface area contributed by atoms with Crippen LogP contribution in [0, 0.1) is 0 Å². The maximum atomic E-state index is 4.02. The van der Waals surface area contributed by atoms with Crippen LogP contribution in [-0.2, 0) is 7.05 Å². The van der Waals surface area contributed by atoms with Crippen molar-refractivity contribution in [1.82, 2.24) is 14.8 Å². The Morgan fingerprint density at radius 2 is 2.14 bits per heavy atom. The van der Waals surface area contributed by atoms with E-state index >= 15 is 0 Å². The molecule has 6 heteroatoms. The SMILES string of the molecule is Cn1cnnc1SCSC[Si](C)(C)C. The van der Waals surface area contributed by atoms with Crippen molar-refractivity contribution in [2.45, 2.75) is 24.8 Å². The van der Waals surface area contributed by atoms with Gasteiger partial charge in [-0.25, -0.2) is 0 Å². The highest BCUT2D eigenvalue weighted by Crippen LogP contribution is 2.21. The molecule has 1 heterocycles. The van der Waals surface area contributed by atoms with Gasteiger partial charge in [0.15, 0.2) is 5.16 Å². The van der Waals surface area contributed by atoms with Crippen molar-refractivity contribution in [2.24, 2.45) is 7.05 Å². The topological polar surface area (TPSA) is 30.7 Å². The minimum atomic E-state index is -0.886. The summed E-state index contributed by atoms with van der Waals surface area (Å²) in [6.07, 6.45) is 1.74. The van der Waals surface area contributed by atoms with Crippen molar-refractivity contribution in [1.29, 1.82) is 0 Å². The minimum absolute atomic E-state index is 0.886. The molecule has 0 saturated heterocycles. The van der Waals surface area contributed by atoms with Crippen LogP contribution >= 0.6 is 23.5 Å². The molecule has 0 atom stereocenters. The van der Waals surface area contributed by atoms with Gasteiger partial charge in [0, 0.05) is 12.1 Å². The number of hydrogen-bond acceptors (Lipinski definition) is 4. The van der Waals surface area contributed by atoms with Crippen LogP contribution in [0.1, 0.15) is 0 Å². The average Bonchev–Trinajstić information content (AvgIpc) is 2.44. The Morgan fingerprint density at radius 1 is 1.43 bits per heavy atom. The molecule has 0 unspecified atom stereocenters. The van der Waals surface area contributed by atoms with Crippen molar-refractivity contribution >= 4 is 31.6 Å². The molecule has 0 fully saturated rings. The summed E-state index contributed by atoms with van der Waals surface area (Å²) in [7, 11) is 1.09. The molecule has 0 spiro atoms. The van der Waals surface area contributed by atoms with Crippen LogP contribution in [0.25, 0.3) is 0 Å². The van der Waals surface area contributed by atoms with Crippen molar-refractivity contribution in [3.8, 4) is 0 Å². The van der Waals surface area contributed by atoms with E-state index in [1.54, 1.807) is 18.1 Å². The highest BCUT2D eigenvalue weighted by molar-refractivity contribution is 8.16. The number of nitrogens with zero attached hydrogens (tertiary/aromatic N) is 3. The molecular weight excluding hydrogens is 230 g/mol. The summed E-state index contributed by atoms with van der Waals surface area (Å²) in [6.45, 7) is 7.19. The fraction of sp³-hybridized carbons (Fsp3) is 0.750. The van der Waals surface area contributed by atoms with Gasteiger partial charge in [-0.05, 0) is 5.38 Å². The Kier molecular flexibility index (Phi) is 4.53. The lowest BCUT2D eigenvalue weighted by Gasteiger charge is -2.14. The molecule has 1 rings (SSSR count). The highest BCUT2D eigenvalue weighted by atomic mass is 32.2. The molecule has 1 aromatic heterocycles. The normalized spacial score (nSPS) is 12.0.